The highest BCUT2D eigenvalue weighted by Gasteiger charge is 2.11. The van der Waals surface area contributed by atoms with Gasteiger partial charge in [0, 0.05) is 11.1 Å². The average molecular weight is 296 g/mol. The minimum absolute atomic E-state index is 0.740. The first-order valence-corrected chi connectivity index (χ1v) is 8.17. The monoisotopic (exact) mass is 295 g/mol. The molecule has 1 fully saturated rings. The van der Waals surface area contributed by atoms with Crippen LogP contribution < -0.4 is 10.1 Å². The van der Waals surface area contributed by atoms with Gasteiger partial charge in [-0.3, -0.25) is 0 Å². The molecule has 1 aromatic carbocycles. The largest absolute Gasteiger partial charge is 0.494 e. The quantitative estimate of drug-likeness (QED) is 0.772. The molecule has 0 spiro atoms. The van der Waals surface area contributed by atoms with Gasteiger partial charge in [-0.05, 0) is 62.9 Å². The van der Waals surface area contributed by atoms with Gasteiger partial charge in [0.1, 0.15) is 5.75 Å². The number of rotatable bonds is 6. The number of hydrogen-bond acceptors (Lipinski definition) is 2. The van der Waals surface area contributed by atoms with E-state index in [4.69, 9.17) is 16.3 Å². The van der Waals surface area contributed by atoms with E-state index in [1.54, 1.807) is 0 Å². The van der Waals surface area contributed by atoms with Gasteiger partial charge < -0.3 is 10.1 Å². The highest BCUT2D eigenvalue weighted by molar-refractivity contribution is 6.32. The molecule has 0 saturated heterocycles. The van der Waals surface area contributed by atoms with Gasteiger partial charge in [-0.15, -0.1) is 0 Å². The molecule has 20 heavy (non-hydrogen) atoms. The zero-order chi connectivity index (χ0) is 14.4. The van der Waals surface area contributed by atoms with E-state index in [1.165, 1.54) is 32.1 Å². The fraction of sp³-hybridized carbons (Fsp3) is 0.647. The summed E-state index contributed by atoms with van der Waals surface area (Å²) in [4.78, 5) is 0. The Labute approximate surface area is 127 Å². The van der Waals surface area contributed by atoms with Gasteiger partial charge in [0.15, 0.2) is 0 Å². The van der Waals surface area contributed by atoms with Crippen LogP contribution in [0.5, 0.6) is 5.75 Å². The Bertz CT molecular complexity index is 404. The van der Waals surface area contributed by atoms with Crippen LogP contribution in [0.15, 0.2) is 12.1 Å². The molecular formula is C17H26ClNO. The van der Waals surface area contributed by atoms with Gasteiger partial charge >= 0.3 is 0 Å². The second-order valence-corrected chi connectivity index (χ2v) is 6.24. The molecule has 0 radical (unpaired) electrons. The molecule has 0 heterocycles. The zero-order valence-electron chi connectivity index (χ0n) is 12.7. The molecule has 1 aliphatic carbocycles. The Morgan fingerprint density at radius 1 is 1.15 bits per heavy atom. The molecule has 3 heteroatoms. The molecule has 1 aliphatic rings. The third-order valence-corrected chi connectivity index (χ3v) is 4.63. The third-order valence-electron chi connectivity index (χ3n) is 4.04. The van der Waals surface area contributed by atoms with Crippen molar-refractivity contribution in [1.82, 2.24) is 5.32 Å². The Balaban J connectivity index is 1.65. The lowest BCUT2D eigenvalue weighted by Crippen LogP contribution is -2.32. The Kier molecular flexibility index (Phi) is 6.18. The van der Waals surface area contributed by atoms with Crippen molar-refractivity contribution in [2.45, 2.75) is 58.4 Å². The predicted octanol–water partition coefficient (Wildman–Crippen LogP) is 4.65. The molecule has 0 aliphatic heterocycles. The average Bonchev–Trinajstić information content (AvgIpc) is 2.45. The van der Waals surface area contributed by atoms with Gasteiger partial charge in [-0.25, -0.2) is 0 Å². The van der Waals surface area contributed by atoms with Crippen LogP contribution >= 0.6 is 11.6 Å². The van der Waals surface area contributed by atoms with E-state index in [0.29, 0.717) is 0 Å². The normalized spacial score (nSPS) is 16.4. The van der Waals surface area contributed by atoms with Gasteiger partial charge in [0.25, 0.3) is 0 Å². The number of hydrogen-bond donors (Lipinski definition) is 1. The summed E-state index contributed by atoms with van der Waals surface area (Å²) < 4.78 is 5.81. The Morgan fingerprint density at radius 3 is 2.45 bits per heavy atom. The van der Waals surface area contributed by atoms with Crippen molar-refractivity contribution in [3.8, 4) is 5.75 Å². The minimum atomic E-state index is 0.740. The third kappa shape index (κ3) is 4.68. The number of ether oxygens (including phenoxy) is 1. The van der Waals surface area contributed by atoms with Crippen molar-refractivity contribution in [3.63, 3.8) is 0 Å². The summed E-state index contributed by atoms with van der Waals surface area (Å²) in [6.45, 7) is 5.86. The van der Waals surface area contributed by atoms with Gasteiger partial charge in [-0.1, -0.05) is 30.9 Å². The van der Waals surface area contributed by atoms with Crippen LogP contribution in [0.1, 0.15) is 49.7 Å². The lowest BCUT2D eigenvalue weighted by molar-refractivity contribution is 0.296. The van der Waals surface area contributed by atoms with Gasteiger partial charge in [-0.2, -0.15) is 0 Å². The minimum Gasteiger partial charge on any atom is -0.494 e. The van der Waals surface area contributed by atoms with Crippen LogP contribution in [0, 0.1) is 13.8 Å². The van der Waals surface area contributed by atoms with Crippen molar-refractivity contribution in [2.75, 3.05) is 13.2 Å². The van der Waals surface area contributed by atoms with E-state index in [0.717, 1.165) is 47.5 Å². The summed E-state index contributed by atoms with van der Waals surface area (Å²) in [5.74, 6) is 0.932. The molecule has 0 unspecified atom stereocenters. The van der Waals surface area contributed by atoms with Crippen LogP contribution in [-0.4, -0.2) is 19.2 Å². The van der Waals surface area contributed by atoms with Crippen molar-refractivity contribution in [2.24, 2.45) is 0 Å². The van der Waals surface area contributed by atoms with Crippen LogP contribution in [0.3, 0.4) is 0 Å². The number of aryl methyl sites for hydroxylation is 2. The fourth-order valence-corrected chi connectivity index (χ4v) is 2.97. The molecule has 0 amide bonds. The first-order valence-electron chi connectivity index (χ1n) is 7.80. The molecule has 1 aromatic rings. The first kappa shape index (κ1) is 15.7. The number of benzene rings is 1. The van der Waals surface area contributed by atoms with E-state index >= 15 is 0 Å². The van der Waals surface area contributed by atoms with Crippen molar-refractivity contribution >= 4 is 11.6 Å². The maximum absolute atomic E-state index is 6.15. The summed E-state index contributed by atoms with van der Waals surface area (Å²) in [6.07, 6.45) is 7.93. The van der Waals surface area contributed by atoms with E-state index in [9.17, 15) is 0 Å². The number of nitrogens with one attached hydrogen (secondary N) is 1. The summed E-state index contributed by atoms with van der Waals surface area (Å²) in [7, 11) is 0. The predicted molar refractivity (Wildman–Crippen MR) is 85.9 cm³/mol. The van der Waals surface area contributed by atoms with E-state index in [1.807, 2.05) is 26.0 Å². The molecule has 1 saturated carbocycles. The molecule has 0 bridgehead atoms. The standard InChI is InChI=1S/C17H26ClNO/c1-13-11-16(12-14(2)17(13)18)20-10-6-9-19-15-7-4-3-5-8-15/h11-12,15,19H,3-10H2,1-2H3. The van der Waals surface area contributed by atoms with Crippen LogP contribution in [-0.2, 0) is 0 Å². The maximum Gasteiger partial charge on any atom is 0.119 e. The smallest absolute Gasteiger partial charge is 0.119 e. The topological polar surface area (TPSA) is 21.3 Å². The van der Waals surface area contributed by atoms with Crippen molar-refractivity contribution in [3.05, 3.63) is 28.3 Å². The molecule has 112 valence electrons. The SMILES string of the molecule is Cc1cc(OCCCNC2CCCCC2)cc(C)c1Cl. The van der Waals surface area contributed by atoms with Gasteiger partial charge in [0.2, 0.25) is 0 Å². The first-order chi connectivity index (χ1) is 9.66. The molecule has 1 N–H and O–H groups in total. The highest BCUT2D eigenvalue weighted by Crippen LogP contribution is 2.25. The molecule has 0 aromatic heterocycles. The van der Waals surface area contributed by atoms with Crippen molar-refractivity contribution in [1.29, 1.82) is 0 Å². The Hall–Kier alpha value is -0.730. The number of halogens is 1. The van der Waals surface area contributed by atoms with Crippen LogP contribution in [0.4, 0.5) is 0 Å². The van der Waals surface area contributed by atoms with E-state index in [-0.39, 0.29) is 0 Å². The van der Waals surface area contributed by atoms with E-state index in [2.05, 4.69) is 5.32 Å². The lowest BCUT2D eigenvalue weighted by Gasteiger charge is -2.22. The molecule has 2 nitrogen and oxygen atoms in total. The summed E-state index contributed by atoms with van der Waals surface area (Å²) in [6, 6.07) is 4.78. The second kappa shape index (κ2) is 7.90. The lowest BCUT2D eigenvalue weighted by atomic mass is 9.95. The van der Waals surface area contributed by atoms with Crippen LogP contribution in [0.2, 0.25) is 5.02 Å². The maximum atomic E-state index is 6.15. The summed E-state index contributed by atoms with van der Waals surface area (Å²) in [5, 5.41) is 4.48. The summed E-state index contributed by atoms with van der Waals surface area (Å²) in [5.41, 5.74) is 2.17. The fourth-order valence-electron chi connectivity index (χ4n) is 2.86. The molecule has 2 rings (SSSR count). The van der Waals surface area contributed by atoms with Gasteiger partial charge in [0.05, 0.1) is 6.61 Å². The van der Waals surface area contributed by atoms with E-state index < -0.39 is 0 Å². The van der Waals surface area contributed by atoms with Crippen LogP contribution in [0.25, 0.3) is 0 Å². The summed E-state index contributed by atoms with van der Waals surface area (Å²) >= 11 is 6.15. The Morgan fingerprint density at radius 2 is 1.80 bits per heavy atom. The zero-order valence-corrected chi connectivity index (χ0v) is 13.4. The second-order valence-electron chi connectivity index (χ2n) is 5.86. The highest BCUT2D eigenvalue weighted by atomic mass is 35.5. The molecular weight excluding hydrogens is 270 g/mol. The molecule has 0 atom stereocenters. The van der Waals surface area contributed by atoms with Crippen molar-refractivity contribution < 1.29 is 4.74 Å².